The summed E-state index contributed by atoms with van der Waals surface area (Å²) in [5.74, 6) is 0.126. The van der Waals surface area contributed by atoms with Crippen molar-refractivity contribution in [2.45, 2.75) is 25.3 Å². The van der Waals surface area contributed by atoms with Gasteiger partial charge >= 0.3 is 0 Å². The summed E-state index contributed by atoms with van der Waals surface area (Å²) in [6.45, 7) is 0. The predicted molar refractivity (Wildman–Crippen MR) is 79.0 cm³/mol. The number of fused-ring (bicyclic) bond motifs is 1. The van der Waals surface area contributed by atoms with Gasteiger partial charge in [-0.05, 0) is 48.6 Å². The number of phenols is 1. The normalized spacial score (nSPS) is 17.8. The molecular formula is C16H16ClNO. The van der Waals surface area contributed by atoms with E-state index in [1.807, 2.05) is 6.07 Å². The number of benzene rings is 2. The van der Waals surface area contributed by atoms with E-state index in [9.17, 15) is 5.11 Å². The summed E-state index contributed by atoms with van der Waals surface area (Å²) in [5.41, 5.74) is 3.85. The molecule has 2 N–H and O–H groups in total. The summed E-state index contributed by atoms with van der Waals surface area (Å²) in [6, 6.07) is 14.3. The lowest BCUT2D eigenvalue weighted by atomic mass is 9.88. The van der Waals surface area contributed by atoms with Crippen molar-refractivity contribution < 1.29 is 5.11 Å². The summed E-state index contributed by atoms with van der Waals surface area (Å²) in [7, 11) is 0. The molecule has 2 nitrogen and oxygen atoms in total. The average molecular weight is 274 g/mol. The van der Waals surface area contributed by atoms with Gasteiger partial charge in [-0.25, -0.2) is 0 Å². The Hall–Kier alpha value is -1.67. The van der Waals surface area contributed by atoms with Gasteiger partial charge in [0.25, 0.3) is 0 Å². The summed E-state index contributed by atoms with van der Waals surface area (Å²) < 4.78 is 0. The van der Waals surface area contributed by atoms with Crippen molar-refractivity contribution in [3.63, 3.8) is 0 Å². The van der Waals surface area contributed by atoms with Crippen LogP contribution in [0, 0.1) is 0 Å². The quantitative estimate of drug-likeness (QED) is 0.810. The van der Waals surface area contributed by atoms with Crippen molar-refractivity contribution in [2.24, 2.45) is 0 Å². The van der Waals surface area contributed by atoms with E-state index in [0.717, 1.165) is 24.9 Å². The van der Waals surface area contributed by atoms with Crippen molar-refractivity contribution in [1.82, 2.24) is 0 Å². The number of halogens is 1. The molecule has 0 spiro atoms. The molecule has 0 fully saturated rings. The Balaban J connectivity index is 1.73. The van der Waals surface area contributed by atoms with Crippen molar-refractivity contribution in [3.05, 3.63) is 58.6 Å². The molecule has 0 radical (unpaired) electrons. The second-order valence-electron chi connectivity index (χ2n) is 5.02. The van der Waals surface area contributed by atoms with Crippen LogP contribution >= 0.6 is 11.6 Å². The molecule has 0 aromatic heterocycles. The minimum atomic E-state index is 0.126. The van der Waals surface area contributed by atoms with Gasteiger partial charge in [-0.1, -0.05) is 35.9 Å². The lowest BCUT2D eigenvalue weighted by Gasteiger charge is -2.26. The van der Waals surface area contributed by atoms with Gasteiger partial charge in [0.1, 0.15) is 5.75 Å². The van der Waals surface area contributed by atoms with Gasteiger partial charge in [-0.2, -0.15) is 0 Å². The summed E-state index contributed by atoms with van der Waals surface area (Å²) >= 11 is 5.92. The van der Waals surface area contributed by atoms with Crippen molar-refractivity contribution in [3.8, 4) is 5.75 Å². The van der Waals surface area contributed by atoms with Crippen molar-refractivity contribution in [1.29, 1.82) is 0 Å². The van der Waals surface area contributed by atoms with E-state index in [0.29, 0.717) is 11.1 Å². The van der Waals surface area contributed by atoms with Gasteiger partial charge < -0.3 is 10.4 Å². The molecule has 3 heteroatoms. The number of aromatic hydroxyl groups is 1. The summed E-state index contributed by atoms with van der Waals surface area (Å²) in [5, 5.41) is 13.3. The molecular weight excluding hydrogens is 258 g/mol. The van der Waals surface area contributed by atoms with Crippen LogP contribution in [0.5, 0.6) is 5.75 Å². The number of aryl methyl sites for hydroxylation is 1. The SMILES string of the molecule is Oc1ccc(NC2CCc3ccccc3C2)cc1Cl. The first-order valence-corrected chi connectivity index (χ1v) is 6.92. The molecule has 0 aliphatic heterocycles. The fraction of sp³-hybridized carbons (Fsp3) is 0.250. The second kappa shape index (κ2) is 5.14. The van der Waals surface area contributed by atoms with Crippen molar-refractivity contribution >= 4 is 17.3 Å². The van der Waals surface area contributed by atoms with Gasteiger partial charge in [0.2, 0.25) is 0 Å². The highest BCUT2D eigenvalue weighted by molar-refractivity contribution is 6.32. The van der Waals surface area contributed by atoms with Crippen LogP contribution in [0.15, 0.2) is 42.5 Å². The van der Waals surface area contributed by atoms with Crippen LogP contribution in [0.25, 0.3) is 0 Å². The van der Waals surface area contributed by atoms with Gasteiger partial charge in [0.05, 0.1) is 5.02 Å². The van der Waals surface area contributed by atoms with E-state index in [2.05, 4.69) is 29.6 Å². The highest BCUT2D eigenvalue weighted by Gasteiger charge is 2.18. The largest absolute Gasteiger partial charge is 0.506 e. The van der Waals surface area contributed by atoms with E-state index in [1.54, 1.807) is 12.1 Å². The molecule has 1 atom stereocenters. The van der Waals surface area contributed by atoms with Crippen LogP contribution in [-0.4, -0.2) is 11.1 Å². The van der Waals surface area contributed by atoms with Crippen LogP contribution in [0.3, 0.4) is 0 Å². The van der Waals surface area contributed by atoms with Gasteiger partial charge in [-0.15, -0.1) is 0 Å². The Labute approximate surface area is 118 Å². The zero-order chi connectivity index (χ0) is 13.2. The van der Waals surface area contributed by atoms with E-state index >= 15 is 0 Å². The molecule has 2 aromatic rings. The number of nitrogens with one attached hydrogen (secondary N) is 1. The highest BCUT2D eigenvalue weighted by Crippen LogP contribution is 2.28. The van der Waals surface area contributed by atoms with Crippen LogP contribution in [0.2, 0.25) is 5.02 Å². The Morgan fingerprint density at radius 3 is 2.68 bits per heavy atom. The number of anilines is 1. The lowest BCUT2D eigenvalue weighted by molar-refractivity contribution is 0.475. The van der Waals surface area contributed by atoms with E-state index < -0.39 is 0 Å². The molecule has 0 bridgehead atoms. The molecule has 0 amide bonds. The third-order valence-corrected chi connectivity index (χ3v) is 3.97. The highest BCUT2D eigenvalue weighted by atomic mass is 35.5. The van der Waals surface area contributed by atoms with Crippen LogP contribution in [0.4, 0.5) is 5.69 Å². The lowest BCUT2D eigenvalue weighted by Crippen LogP contribution is -2.27. The minimum Gasteiger partial charge on any atom is -0.506 e. The molecule has 1 unspecified atom stereocenters. The van der Waals surface area contributed by atoms with Gasteiger partial charge in [0.15, 0.2) is 0 Å². The van der Waals surface area contributed by atoms with Gasteiger partial charge in [0, 0.05) is 11.7 Å². The number of rotatable bonds is 2. The molecule has 2 aromatic carbocycles. The average Bonchev–Trinajstić information content (AvgIpc) is 2.43. The minimum absolute atomic E-state index is 0.126. The molecule has 98 valence electrons. The smallest absolute Gasteiger partial charge is 0.134 e. The predicted octanol–water partition coefficient (Wildman–Crippen LogP) is 4.02. The topological polar surface area (TPSA) is 32.3 Å². The molecule has 19 heavy (non-hydrogen) atoms. The molecule has 0 saturated carbocycles. The Morgan fingerprint density at radius 1 is 1.11 bits per heavy atom. The Bertz CT molecular complexity index is 597. The standard InChI is InChI=1S/C16H16ClNO/c17-15-10-14(7-8-16(15)19)18-13-6-5-11-3-1-2-4-12(11)9-13/h1-4,7-8,10,13,18-19H,5-6,9H2. The van der Waals surface area contributed by atoms with E-state index in [1.165, 1.54) is 11.1 Å². The third-order valence-electron chi connectivity index (χ3n) is 3.67. The van der Waals surface area contributed by atoms with Crippen LogP contribution < -0.4 is 5.32 Å². The van der Waals surface area contributed by atoms with Gasteiger partial charge in [-0.3, -0.25) is 0 Å². The van der Waals surface area contributed by atoms with E-state index in [4.69, 9.17) is 11.6 Å². The number of hydrogen-bond acceptors (Lipinski definition) is 2. The molecule has 0 heterocycles. The zero-order valence-electron chi connectivity index (χ0n) is 10.6. The maximum Gasteiger partial charge on any atom is 0.134 e. The maximum absolute atomic E-state index is 9.42. The molecule has 0 saturated heterocycles. The fourth-order valence-electron chi connectivity index (χ4n) is 2.65. The summed E-state index contributed by atoms with van der Waals surface area (Å²) in [6.07, 6.45) is 3.27. The first kappa shape index (κ1) is 12.4. The fourth-order valence-corrected chi connectivity index (χ4v) is 2.83. The van der Waals surface area contributed by atoms with Crippen LogP contribution in [0.1, 0.15) is 17.5 Å². The van der Waals surface area contributed by atoms with Crippen molar-refractivity contribution in [2.75, 3.05) is 5.32 Å². The number of hydrogen-bond donors (Lipinski definition) is 2. The first-order chi connectivity index (χ1) is 9.22. The first-order valence-electron chi connectivity index (χ1n) is 6.54. The molecule has 1 aliphatic rings. The molecule has 3 rings (SSSR count). The zero-order valence-corrected chi connectivity index (χ0v) is 11.3. The number of phenolic OH excluding ortho intramolecular Hbond substituents is 1. The summed E-state index contributed by atoms with van der Waals surface area (Å²) in [4.78, 5) is 0. The maximum atomic E-state index is 9.42. The third kappa shape index (κ3) is 2.69. The van der Waals surface area contributed by atoms with E-state index in [-0.39, 0.29) is 5.75 Å². The second-order valence-corrected chi connectivity index (χ2v) is 5.43. The Morgan fingerprint density at radius 2 is 1.89 bits per heavy atom. The molecule has 1 aliphatic carbocycles. The Kier molecular flexibility index (Phi) is 3.34. The van der Waals surface area contributed by atoms with Crippen LogP contribution in [-0.2, 0) is 12.8 Å². The monoisotopic (exact) mass is 273 g/mol.